The summed E-state index contributed by atoms with van der Waals surface area (Å²) >= 11 is 0. The van der Waals surface area contributed by atoms with Gasteiger partial charge in [0, 0.05) is 11.6 Å². The number of aromatic hydroxyl groups is 2. The van der Waals surface area contributed by atoms with Crippen molar-refractivity contribution in [2.24, 2.45) is 5.10 Å². The van der Waals surface area contributed by atoms with Gasteiger partial charge in [0.2, 0.25) is 0 Å². The van der Waals surface area contributed by atoms with Crippen molar-refractivity contribution in [1.29, 1.82) is 0 Å². The summed E-state index contributed by atoms with van der Waals surface area (Å²) in [6, 6.07) is 11.8. The molecule has 0 atom stereocenters. The van der Waals surface area contributed by atoms with Crippen molar-refractivity contribution in [3.05, 3.63) is 53.6 Å². The van der Waals surface area contributed by atoms with E-state index in [1.165, 1.54) is 30.0 Å². The number of phenolic OH excluding ortho intramolecular Hbond substituents is 2. The first-order valence-corrected chi connectivity index (χ1v) is 8.14. The Morgan fingerprint density at radius 1 is 1.20 bits per heavy atom. The fraction of sp³-hybridized carbons (Fsp3) is 0.263. The summed E-state index contributed by atoms with van der Waals surface area (Å²) in [6.07, 6.45) is 4.63. The highest BCUT2D eigenvalue weighted by Gasteiger charge is 2.03. The number of unbranched alkanes of at least 4 members (excludes halogenated alkanes) is 1. The van der Waals surface area contributed by atoms with Crippen LogP contribution in [0, 0.1) is 0 Å². The normalized spacial score (nSPS) is 10.8. The van der Waals surface area contributed by atoms with Crippen LogP contribution in [-0.2, 0) is 11.2 Å². The van der Waals surface area contributed by atoms with Crippen LogP contribution in [0.1, 0.15) is 30.9 Å². The number of hydrogen-bond acceptors (Lipinski definition) is 5. The first kappa shape index (κ1) is 18.3. The fourth-order valence-corrected chi connectivity index (χ4v) is 2.13. The van der Waals surface area contributed by atoms with Gasteiger partial charge in [0.05, 0.1) is 6.21 Å². The maximum absolute atomic E-state index is 11.7. The first-order valence-electron chi connectivity index (χ1n) is 8.14. The molecule has 1 amide bonds. The molecule has 0 aliphatic carbocycles. The molecule has 2 aromatic carbocycles. The highest BCUT2D eigenvalue weighted by atomic mass is 16.5. The fourth-order valence-electron chi connectivity index (χ4n) is 2.13. The molecular formula is C19H22N2O4. The van der Waals surface area contributed by atoms with E-state index in [-0.39, 0.29) is 18.1 Å². The Morgan fingerprint density at radius 2 is 1.96 bits per heavy atom. The Kier molecular flexibility index (Phi) is 6.83. The summed E-state index contributed by atoms with van der Waals surface area (Å²) in [6.45, 7) is 1.99. The molecule has 0 aliphatic rings. The van der Waals surface area contributed by atoms with Gasteiger partial charge in [0.1, 0.15) is 17.2 Å². The molecule has 3 N–H and O–H groups in total. The lowest BCUT2D eigenvalue weighted by Crippen LogP contribution is -2.24. The molecule has 0 fully saturated rings. The topological polar surface area (TPSA) is 91.2 Å². The highest BCUT2D eigenvalue weighted by molar-refractivity contribution is 5.85. The minimum absolute atomic E-state index is 0.0483. The van der Waals surface area contributed by atoms with Crippen molar-refractivity contribution < 1.29 is 19.7 Å². The standard InChI is InChI=1S/C19H22N2O4/c1-2-3-4-14-5-9-17(10-6-14)25-13-19(24)21-20-12-15-7-8-16(22)11-18(15)23/h5-12,22-23H,2-4,13H2,1H3,(H,21,24)/b20-12+. The largest absolute Gasteiger partial charge is 0.508 e. The van der Waals surface area contributed by atoms with E-state index in [9.17, 15) is 15.0 Å². The van der Waals surface area contributed by atoms with Crippen molar-refractivity contribution >= 4 is 12.1 Å². The van der Waals surface area contributed by atoms with Gasteiger partial charge >= 0.3 is 0 Å². The molecule has 6 nitrogen and oxygen atoms in total. The number of hydrazone groups is 1. The third kappa shape index (κ3) is 6.18. The van der Waals surface area contributed by atoms with Crippen molar-refractivity contribution in [3.63, 3.8) is 0 Å². The highest BCUT2D eigenvalue weighted by Crippen LogP contribution is 2.20. The molecule has 0 saturated heterocycles. The maximum atomic E-state index is 11.7. The number of benzene rings is 2. The number of rotatable bonds is 8. The van der Waals surface area contributed by atoms with Crippen LogP contribution in [0.4, 0.5) is 0 Å². The second kappa shape index (κ2) is 9.32. The monoisotopic (exact) mass is 342 g/mol. The number of amides is 1. The molecule has 0 aliphatic heterocycles. The molecule has 6 heteroatoms. The summed E-state index contributed by atoms with van der Waals surface area (Å²) in [5, 5.41) is 22.5. The quantitative estimate of drug-likeness (QED) is 0.508. The predicted molar refractivity (Wildman–Crippen MR) is 96.1 cm³/mol. The van der Waals surface area contributed by atoms with Gasteiger partial charge in [-0.05, 0) is 42.7 Å². The van der Waals surface area contributed by atoms with Crippen LogP contribution in [-0.4, -0.2) is 28.9 Å². The summed E-state index contributed by atoms with van der Waals surface area (Å²) in [7, 11) is 0. The lowest BCUT2D eigenvalue weighted by molar-refractivity contribution is -0.123. The number of carbonyl (C=O) groups is 1. The molecule has 2 rings (SSSR count). The smallest absolute Gasteiger partial charge is 0.277 e. The van der Waals surface area contributed by atoms with Crippen LogP contribution in [0.25, 0.3) is 0 Å². The zero-order valence-electron chi connectivity index (χ0n) is 14.1. The first-order chi connectivity index (χ1) is 12.1. The van der Waals surface area contributed by atoms with Gasteiger partial charge in [-0.1, -0.05) is 25.5 Å². The summed E-state index contributed by atoms with van der Waals surface area (Å²) in [4.78, 5) is 11.7. The van der Waals surface area contributed by atoms with Gasteiger partial charge in [0.15, 0.2) is 6.61 Å². The third-order valence-electron chi connectivity index (χ3n) is 3.52. The second-order valence-electron chi connectivity index (χ2n) is 5.57. The van der Waals surface area contributed by atoms with Crippen LogP contribution in [0.3, 0.4) is 0 Å². The van der Waals surface area contributed by atoms with E-state index in [1.54, 1.807) is 0 Å². The lowest BCUT2D eigenvalue weighted by Gasteiger charge is -2.06. The van der Waals surface area contributed by atoms with Crippen LogP contribution >= 0.6 is 0 Å². The number of aryl methyl sites for hydroxylation is 1. The molecule has 0 bridgehead atoms. The molecule has 0 aromatic heterocycles. The van der Waals surface area contributed by atoms with Crippen LogP contribution in [0.2, 0.25) is 0 Å². The second-order valence-corrected chi connectivity index (χ2v) is 5.57. The number of ether oxygens (including phenoxy) is 1. The Hall–Kier alpha value is -3.02. The van der Waals surface area contributed by atoms with Crippen molar-refractivity contribution in [2.45, 2.75) is 26.2 Å². The molecule has 0 unspecified atom stereocenters. The lowest BCUT2D eigenvalue weighted by atomic mass is 10.1. The average Bonchev–Trinajstić information content (AvgIpc) is 2.61. The van der Waals surface area contributed by atoms with Crippen molar-refractivity contribution in [3.8, 4) is 17.2 Å². The summed E-state index contributed by atoms with van der Waals surface area (Å²) in [5.74, 6) is 0.0327. The molecule has 0 saturated carbocycles. The van der Waals surface area contributed by atoms with Gasteiger partial charge < -0.3 is 14.9 Å². The van der Waals surface area contributed by atoms with E-state index >= 15 is 0 Å². The summed E-state index contributed by atoms with van der Waals surface area (Å²) < 4.78 is 5.40. The van der Waals surface area contributed by atoms with Gasteiger partial charge in [0.25, 0.3) is 5.91 Å². The predicted octanol–water partition coefficient (Wildman–Crippen LogP) is 2.97. The maximum Gasteiger partial charge on any atom is 0.277 e. The molecule has 132 valence electrons. The van der Waals surface area contributed by atoms with Gasteiger partial charge in [-0.15, -0.1) is 0 Å². The van der Waals surface area contributed by atoms with Gasteiger partial charge in [-0.3, -0.25) is 4.79 Å². The van der Waals surface area contributed by atoms with E-state index in [0.717, 1.165) is 19.3 Å². The minimum atomic E-state index is -0.412. The zero-order chi connectivity index (χ0) is 18.1. The Morgan fingerprint density at radius 3 is 2.64 bits per heavy atom. The Bertz CT molecular complexity index is 727. The van der Waals surface area contributed by atoms with E-state index in [1.807, 2.05) is 24.3 Å². The van der Waals surface area contributed by atoms with Crippen LogP contribution < -0.4 is 10.2 Å². The van der Waals surface area contributed by atoms with Crippen molar-refractivity contribution in [1.82, 2.24) is 5.43 Å². The minimum Gasteiger partial charge on any atom is -0.508 e. The molecule has 0 radical (unpaired) electrons. The molecule has 0 spiro atoms. The number of nitrogens with zero attached hydrogens (tertiary/aromatic N) is 1. The number of carbonyl (C=O) groups excluding carboxylic acids is 1. The van der Waals surface area contributed by atoms with E-state index < -0.39 is 5.91 Å². The molecule has 25 heavy (non-hydrogen) atoms. The SMILES string of the molecule is CCCCc1ccc(OCC(=O)N/N=C/c2ccc(O)cc2O)cc1. The number of nitrogens with one attached hydrogen (secondary N) is 1. The van der Waals surface area contributed by atoms with E-state index in [0.29, 0.717) is 11.3 Å². The Labute approximate surface area is 146 Å². The third-order valence-corrected chi connectivity index (χ3v) is 3.52. The van der Waals surface area contributed by atoms with Crippen molar-refractivity contribution in [2.75, 3.05) is 6.61 Å². The molecule has 2 aromatic rings. The van der Waals surface area contributed by atoms with Gasteiger partial charge in [-0.25, -0.2) is 5.43 Å². The van der Waals surface area contributed by atoms with E-state index in [4.69, 9.17) is 4.74 Å². The van der Waals surface area contributed by atoms with Crippen LogP contribution in [0.15, 0.2) is 47.6 Å². The zero-order valence-corrected chi connectivity index (χ0v) is 14.1. The number of hydrogen-bond donors (Lipinski definition) is 3. The van der Waals surface area contributed by atoms with E-state index in [2.05, 4.69) is 17.5 Å². The Balaban J connectivity index is 1.77. The summed E-state index contributed by atoms with van der Waals surface area (Å²) in [5.41, 5.74) is 3.94. The van der Waals surface area contributed by atoms with Gasteiger partial charge in [-0.2, -0.15) is 5.10 Å². The van der Waals surface area contributed by atoms with Crippen LogP contribution in [0.5, 0.6) is 17.2 Å². The average molecular weight is 342 g/mol. The number of phenols is 2. The molecular weight excluding hydrogens is 320 g/mol. The molecule has 0 heterocycles.